The fourth-order valence-corrected chi connectivity index (χ4v) is 3.39. The van der Waals surface area contributed by atoms with Crippen molar-refractivity contribution in [3.8, 4) is 0 Å². The average Bonchev–Trinajstić information content (AvgIpc) is 2.54. The third kappa shape index (κ3) is 2.74. The molecule has 5 heteroatoms. The van der Waals surface area contributed by atoms with E-state index in [0.29, 0.717) is 0 Å². The Bertz CT molecular complexity index is 684. The molecule has 5 nitrogen and oxygen atoms in total. The lowest BCUT2D eigenvalue weighted by Gasteiger charge is -2.28. The fraction of sp³-hybridized carbons (Fsp3) is 0.471. The van der Waals surface area contributed by atoms with Gasteiger partial charge in [0.15, 0.2) is 0 Å². The van der Waals surface area contributed by atoms with Crippen LogP contribution in [0.15, 0.2) is 24.7 Å². The lowest BCUT2D eigenvalue weighted by Crippen LogP contribution is -2.32. The molecule has 0 N–H and O–H groups in total. The molecule has 0 radical (unpaired) electrons. The molecule has 0 atom stereocenters. The molecule has 4 heterocycles. The molecule has 0 amide bonds. The minimum atomic E-state index is 0.889. The summed E-state index contributed by atoms with van der Waals surface area (Å²) in [5.74, 6) is 0. The molecule has 0 saturated carbocycles. The van der Waals surface area contributed by atoms with Crippen molar-refractivity contribution in [2.24, 2.45) is 0 Å². The van der Waals surface area contributed by atoms with Gasteiger partial charge in [0.05, 0.1) is 11.4 Å². The Morgan fingerprint density at radius 2 is 1.77 bits per heavy atom. The minimum Gasteiger partial charge on any atom is -0.302 e. The molecule has 2 aliphatic heterocycles. The Kier molecular flexibility index (Phi) is 3.60. The molecular weight excluding hydrogens is 274 g/mol. The predicted octanol–water partition coefficient (Wildman–Crippen LogP) is 1.42. The second-order valence-electron chi connectivity index (χ2n) is 6.35. The normalized spacial score (nSPS) is 18.8. The summed E-state index contributed by atoms with van der Waals surface area (Å²) in [6.07, 6.45) is 7.69. The summed E-state index contributed by atoms with van der Waals surface area (Å²) >= 11 is 0. The Labute approximate surface area is 131 Å². The second-order valence-corrected chi connectivity index (χ2v) is 6.35. The molecule has 114 valence electrons. The largest absolute Gasteiger partial charge is 0.302 e. The van der Waals surface area contributed by atoms with Crippen LogP contribution < -0.4 is 0 Å². The predicted molar refractivity (Wildman–Crippen MR) is 84.1 cm³/mol. The zero-order chi connectivity index (χ0) is 14.9. The molecule has 2 aromatic rings. The van der Waals surface area contributed by atoms with Gasteiger partial charge in [0, 0.05) is 69.8 Å². The number of fused-ring (bicyclic) bond motifs is 2. The first kappa shape index (κ1) is 13.8. The van der Waals surface area contributed by atoms with Crippen LogP contribution in [-0.2, 0) is 32.5 Å². The molecule has 4 rings (SSSR count). The number of pyridine rings is 1. The first-order valence-electron chi connectivity index (χ1n) is 7.94. The van der Waals surface area contributed by atoms with E-state index < -0.39 is 0 Å². The lowest BCUT2D eigenvalue weighted by atomic mass is 10.0. The van der Waals surface area contributed by atoms with Crippen molar-refractivity contribution in [1.29, 1.82) is 0 Å². The SMILES string of the molecule is CN1CCc2ncc(CN3CCc4nccnc4C3)cc2C1. The summed E-state index contributed by atoms with van der Waals surface area (Å²) in [5, 5.41) is 0. The van der Waals surface area contributed by atoms with E-state index in [1.165, 1.54) is 16.8 Å². The van der Waals surface area contributed by atoms with Crippen LogP contribution in [0.5, 0.6) is 0 Å². The van der Waals surface area contributed by atoms with Crippen LogP contribution in [-0.4, -0.2) is 44.9 Å². The van der Waals surface area contributed by atoms with E-state index >= 15 is 0 Å². The van der Waals surface area contributed by atoms with Crippen LogP contribution in [0.3, 0.4) is 0 Å². The monoisotopic (exact) mass is 295 g/mol. The quantitative estimate of drug-likeness (QED) is 0.838. The van der Waals surface area contributed by atoms with Gasteiger partial charge in [-0.25, -0.2) is 0 Å². The number of hydrogen-bond acceptors (Lipinski definition) is 5. The number of likely N-dealkylation sites (N-methyl/N-ethyl adjacent to an activating group) is 1. The van der Waals surface area contributed by atoms with E-state index in [0.717, 1.165) is 57.0 Å². The summed E-state index contributed by atoms with van der Waals surface area (Å²) in [6, 6.07) is 2.34. The van der Waals surface area contributed by atoms with Crippen molar-refractivity contribution in [3.05, 3.63) is 52.9 Å². The maximum Gasteiger partial charge on any atom is 0.0759 e. The molecule has 2 aliphatic rings. The Hall–Kier alpha value is -1.85. The van der Waals surface area contributed by atoms with Gasteiger partial charge in [0.2, 0.25) is 0 Å². The van der Waals surface area contributed by atoms with Crippen LogP contribution in [0.2, 0.25) is 0 Å². The van der Waals surface area contributed by atoms with Gasteiger partial charge in [-0.3, -0.25) is 19.9 Å². The van der Waals surface area contributed by atoms with Gasteiger partial charge in [-0.2, -0.15) is 0 Å². The van der Waals surface area contributed by atoms with Gasteiger partial charge < -0.3 is 4.90 Å². The molecule has 0 spiro atoms. The fourth-order valence-electron chi connectivity index (χ4n) is 3.39. The lowest BCUT2D eigenvalue weighted by molar-refractivity contribution is 0.238. The summed E-state index contributed by atoms with van der Waals surface area (Å²) in [4.78, 5) is 18.4. The molecule has 0 fully saturated rings. The molecule has 0 saturated heterocycles. The average molecular weight is 295 g/mol. The zero-order valence-corrected chi connectivity index (χ0v) is 13.0. The van der Waals surface area contributed by atoms with Crippen LogP contribution >= 0.6 is 0 Å². The Morgan fingerprint density at radius 3 is 2.68 bits per heavy atom. The maximum atomic E-state index is 4.68. The Morgan fingerprint density at radius 1 is 0.955 bits per heavy atom. The maximum absolute atomic E-state index is 4.68. The molecular formula is C17H21N5. The highest BCUT2D eigenvalue weighted by Gasteiger charge is 2.19. The molecule has 0 unspecified atom stereocenters. The topological polar surface area (TPSA) is 45.2 Å². The Balaban J connectivity index is 1.49. The highest BCUT2D eigenvalue weighted by atomic mass is 15.1. The smallest absolute Gasteiger partial charge is 0.0759 e. The number of aromatic nitrogens is 3. The van der Waals surface area contributed by atoms with Crippen LogP contribution in [0.25, 0.3) is 0 Å². The standard InChI is InChI=1S/C17H21N5/c1-21-6-2-15-14(11-21)8-13(9-20-15)10-22-7-3-16-17(12-22)19-5-4-18-16/h4-5,8-9H,2-3,6-7,10-12H2,1H3. The summed E-state index contributed by atoms with van der Waals surface area (Å²) in [5.41, 5.74) is 6.25. The second kappa shape index (κ2) is 5.74. The molecule has 0 bridgehead atoms. The molecule has 22 heavy (non-hydrogen) atoms. The summed E-state index contributed by atoms with van der Waals surface area (Å²) in [7, 11) is 2.18. The molecule has 0 aliphatic carbocycles. The van der Waals surface area contributed by atoms with Crippen molar-refractivity contribution in [2.75, 3.05) is 20.1 Å². The van der Waals surface area contributed by atoms with E-state index in [1.54, 1.807) is 12.4 Å². The van der Waals surface area contributed by atoms with Crippen LogP contribution in [0.1, 0.15) is 28.2 Å². The highest BCUT2D eigenvalue weighted by Crippen LogP contribution is 2.20. The van der Waals surface area contributed by atoms with Gasteiger partial charge in [-0.15, -0.1) is 0 Å². The van der Waals surface area contributed by atoms with Crippen molar-refractivity contribution >= 4 is 0 Å². The minimum absolute atomic E-state index is 0.889. The van der Waals surface area contributed by atoms with E-state index in [4.69, 9.17) is 0 Å². The third-order valence-electron chi connectivity index (χ3n) is 4.59. The zero-order valence-electron chi connectivity index (χ0n) is 13.0. The van der Waals surface area contributed by atoms with Gasteiger partial charge in [-0.05, 0) is 24.2 Å². The third-order valence-corrected chi connectivity index (χ3v) is 4.59. The van der Waals surface area contributed by atoms with Gasteiger partial charge in [0.1, 0.15) is 0 Å². The van der Waals surface area contributed by atoms with E-state index in [-0.39, 0.29) is 0 Å². The van der Waals surface area contributed by atoms with Crippen LogP contribution in [0, 0.1) is 0 Å². The molecule has 0 aromatic carbocycles. The van der Waals surface area contributed by atoms with E-state index in [1.807, 2.05) is 0 Å². The summed E-state index contributed by atoms with van der Waals surface area (Å²) in [6.45, 7) is 5.01. The van der Waals surface area contributed by atoms with E-state index in [9.17, 15) is 0 Å². The van der Waals surface area contributed by atoms with Gasteiger partial charge in [0.25, 0.3) is 0 Å². The number of rotatable bonds is 2. The molecule has 2 aromatic heterocycles. The summed E-state index contributed by atoms with van der Waals surface area (Å²) < 4.78 is 0. The van der Waals surface area contributed by atoms with Crippen molar-refractivity contribution in [2.45, 2.75) is 32.5 Å². The highest BCUT2D eigenvalue weighted by molar-refractivity contribution is 5.27. The van der Waals surface area contributed by atoms with Crippen molar-refractivity contribution in [3.63, 3.8) is 0 Å². The van der Waals surface area contributed by atoms with Crippen LogP contribution in [0.4, 0.5) is 0 Å². The van der Waals surface area contributed by atoms with Gasteiger partial charge >= 0.3 is 0 Å². The number of nitrogens with zero attached hydrogens (tertiary/aromatic N) is 5. The van der Waals surface area contributed by atoms with Gasteiger partial charge in [-0.1, -0.05) is 0 Å². The number of hydrogen-bond donors (Lipinski definition) is 0. The first-order chi connectivity index (χ1) is 10.8. The van der Waals surface area contributed by atoms with Crippen molar-refractivity contribution < 1.29 is 0 Å². The van der Waals surface area contributed by atoms with E-state index in [2.05, 4.69) is 44.1 Å². The van der Waals surface area contributed by atoms with Crippen molar-refractivity contribution in [1.82, 2.24) is 24.8 Å². The first-order valence-corrected chi connectivity index (χ1v) is 7.94.